The van der Waals surface area contributed by atoms with E-state index in [1.165, 1.54) is 0 Å². The highest BCUT2D eigenvalue weighted by molar-refractivity contribution is 5.99. The zero-order valence-corrected chi connectivity index (χ0v) is 17.1. The molecule has 1 aromatic carbocycles. The monoisotopic (exact) mass is 383 g/mol. The Morgan fingerprint density at radius 1 is 1.14 bits per heavy atom. The van der Waals surface area contributed by atoms with Gasteiger partial charge >= 0.3 is 0 Å². The summed E-state index contributed by atoms with van der Waals surface area (Å²) in [7, 11) is 3.88. The van der Waals surface area contributed by atoms with Crippen molar-refractivity contribution in [1.29, 1.82) is 0 Å². The summed E-state index contributed by atoms with van der Waals surface area (Å²) in [5.74, 6) is 2.33. The number of nitrogens with one attached hydrogen (secondary N) is 1. The number of aliphatic imine (C=N–C) groups is 1. The van der Waals surface area contributed by atoms with Gasteiger partial charge in [-0.25, -0.2) is 9.97 Å². The molecule has 0 saturated carbocycles. The molecule has 1 aliphatic rings. The minimum absolute atomic E-state index is 0.247. The molecule has 1 aliphatic heterocycles. The van der Waals surface area contributed by atoms with Crippen molar-refractivity contribution in [3.63, 3.8) is 0 Å². The molecule has 0 fully saturated rings. The molecule has 2 aromatic rings. The van der Waals surface area contributed by atoms with E-state index in [-0.39, 0.29) is 6.04 Å². The molecule has 28 heavy (non-hydrogen) atoms. The van der Waals surface area contributed by atoms with Gasteiger partial charge < -0.3 is 19.7 Å². The van der Waals surface area contributed by atoms with Gasteiger partial charge in [0.25, 0.3) is 0 Å². The summed E-state index contributed by atoms with van der Waals surface area (Å²) in [6.45, 7) is 6.36. The first kappa shape index (κ1) is 20.1. The van der Waals surface area contributed by atoms with Crippen molar-refractivity contribution in [2.75, 3.05) is 45.4 Å². The van der Waals surface area contributed by atoms with Crippen LogP contribution in [0.5, 0.6) is 5.75 Å². The van der Waals surface area contributed by atoms with Crippen molar-refractivity contribution in [3.8, 4) is 5.75 Å². The van der Waals surface area contributed by atoms with Crippen LogP contribution in [0.1, 0.15) is 30.7 Å². The average molecular weight is 383 g/mol. The predicted octanol–water partition coefficient (Wildman–Crippen LogP) is 2.29. The van der Waals surface area contributed by atoms with Crippen LogP contribution in [-0.4, -0.2) is 62.3 Å². The van der Waals surface area contributed by atoms with Gasteiger partial charge in [-0.1, -0.05) is 12.1 Å². The molecule has 0 amide bonds. The fraction of sp³-hybridized carbons (Fsp3) is 0.476. The van der Waals surface area contributed by atoms with E-state index in [9.17, 15) is 0 Å². The van der Waals surface area contributed by atoms with Crippen molar-refractivity contribution < 1.29 is 9.47 Å². The smallest absolute Gasteiger partial charge is 0.225 e. The molecule has 2 heterocycles. The minimum Gasteiger partial charge on any atom is -0.491 e. The Kier molecular flexibility index (Phi) is 6.81. The first-order valence-corrected chi connectivity index (χ1v) is 9.67. The number of aromatic nitrogens is 2. The molecule has 0 unspecified atom stereocenters. The Balaban J connectivity index is 2.06. The second-order valence-corrected chi connectivity index (χ2v) is 7.24. The molecule has 150 valence electrons. The van der Waals surface area contributed by atoms with E-state index in [0.29, 0.717) is 38.7 Å². The number of amidine groups is 1. The number of hydrogen-bond donors (Lipinski definition) is 1. The van der Waals surface area contributed by atoms with Crippen molar-refractivity contribution in [1.82, 2.24) is 15.3 Å². The van der Waals surface area contributed by atoms with Crippen molar-refractivity contribution in [3.05, 3.63) is 47.3 Å². The van der Waals surface area contributed by atoms with Gasteiger partial charge in [0, 0.05) is 32.8 Å². The third-order valence-electron chi connectivity index (χ3n) is 4.21. The van der Waals surface area contributed by atoms with Gasteiger partial charge in [0.05, 0.1) is 31.0 Å². The minimum atomic E-state index is 0.247. The molecule has 0 aliphatic carbocycles. The normalized spacial score (nSPS) is 15.1. The second-order valence-electron chi connectivity index (χ2n) is 7.24. The van der Waals surface area contributed by atoms with Gasteiger partial charge in [0.15, 0.2) is 0 Å². The molecular formula is C21H29N5O2. The molecule has 3 rings (SSSR count). The van der Waals surface area contributed by atoms with E-state index in [4.69, 9.17) is 19.5 Å². The fourth-order valence-electron chi connectivity index (χ4n) is 2.92. The predicted molar refractivity (Wildman–Crippen MR) is 112 cm³/mol. The van der Waals surface area contributed by atoms with Gasteiger partial charge in [-0.2, -0.15) is 0 Å². The average Bonchev–Trinajstić information content (AvgIpc) is 2.65. The van der Waals surface area contributed by atoms with Gasteiger partial charge in [-0.05, 0) is 31.5 Å². The second kappa shape index (κ2) is 9.50. The van der Waals surface area contributed by atoms with Gasteiger partial charge in [-0.3, -0.25) is 4.99 Å². The summed E-state index contributed by atoms with van der Waals surface area (Å²) < 4.78 is 11.4. The Bertz CT molecular complexity index is 820. The van der Waals surface area contributed by atoms with E-state index in [1.54, 1.807) is 0 Å². The van der Waals surface area contributed by atoms with Crippen molar-refractivity contribution in [2.45, 2.75) is 26.3 Å². The number of fused-ring (bicyclic) bond motifs is 3. The highest BCUT2D eigenvalue weighted by atomic mass is 16.5. The zero-order chi connectivity index (χ0) is 19.9. The summed E-state index contributed by atoms with van der Waals surface area (Å²) >= 11 is 0. The van der Waals surface area contributed by atoms with Crippen LogP contribution >= 0.6 is 0 Å². The fourth-order valence-corrected chi connectivity index (χ4v) is 2.92. The largest absolute Gasteiger partial charge is 0.491 e. The molecule has 2 bridgehead atoms. The van der Waals surface area contributed by atoms with Crippen LogP contribution in [0.3, 0.4) is 0 Å². The molecule has 1 N–H and O–H groups in total. The lowest BCUT2D eigenvalue weighted by atomic mass is 10.0. The van der Waals surface area contributed by atoms with Crippen LogP contribution in [0, 0.1) is 0 Å². The van der Waals surface area contributed by atoms with Crippen LogP contribution < -0.4 is 15.0 Å². The van der Waals surface area contributed by atoms with Crippen LogP contribution in [0.25, 0.3) is 0 Å². The number of anilines is 1. The van der Waals surface area contributed by atoms with Crippen LogP contribution in [-0.2, 0) is 11.2 Å². The summed E-state index contributed by atoms with van der Waals surface area (Å²) in [5, 5.41) is 3.45. The van der Waals surface area contributed by atoms with Crippen molar-refractivity contribution >= 4 is 11.8 Å². The molecule has 0 atom stereocenters. The van der Waals surface area contributed by atoms with Crippen LogP contribution in [0.2, 0.25) is 0 Å². The van der Waals surface area contributed by atoms with E-state index >= 15 is 0 Å². The van der Waals surface area contributed by atoms with E-state index < -0.39 is 0 Å². The Hall–Kier alpha value is -2.67. The standard InChI is InChI=1S/C21H29N5O2/c1-15(2)24-20-18-14-23-21(26(3)4)25-19(18)13-16-6-5-7-17(12-16)28-11-10-27-9-8-22-20/h5-7,12,14-15H,8-11,13H2,1-4H3,(H,22,24). The van der Waals surface area contributed by atoms with E-state index in [0.717, 1.165) is 28.4 Å². The van der Waals surface area contributed by atoms with E-state index in [2.05, 4.69) is 36.3 Å². The van der Waals surface area contributed by atoms with Gasteiger partial charge in [0.2, 0.25) is 5.95 Å². The first-order chi connectivity index (χ1) is 13.5. The molecule has 7 nitrogen and oxygen atoms in total. The first-order valence-electron chi connectivity index (χ1n) is 9.67. The summed E-state index contributed by atoms with van der Waals surface area (Å²) in [5.41, 5.74) is 2.98. The lowest BCUT2D eigenvalue weighted by molar-refractivity contribution is 0.106. The van der Waals surface area contributed by atoms with Crippen LogP contribution in [0.15, 0.2) is 35.5 Å². The number of ether oxygens (including phenoxy) is 2. The molecular weight excluding hydrogens is 354 g/mol. The molecule has 7 heteroatoms. The maximum Gasteiger partial charge on any atom is 0.225 e. The van der Waals surface area contributed by atoms with Gasteiger partial charge in [-0.15, -0.1) is 0 Å². The zero-order valence-electron chi connectivity index (χ0n) is 17.1. The summed E-state index contributed by atoms with van der Waals surface area (Å²) in [6.07, 6.45) is 2.53. The number of hydrogen-bond acceptors (Lipinski definition) is 7. The van der Waals surface area contributed by atoms with Crippen molar-refractivity contribution in [2.24, 2.45) is 4.99 Å². The Morgan fingerprint density at radius 3 is 2.79 bits per heavy atom. The number of rotatable bonds is 2. The maximum absolute atomic E-state index is 5.80. The third kappa shape index (κ3) is 5.42. The topological polar surface area (TPSA) is 71.9 Å². The SMILES string of the molecule is CC(C)NC1=NCCOCCOc2cccc(c2)Cc2nc(N(C)C)ncc21. The van der Waals surface area contributed by atoms with Crippen LogP contribution in [0.4, 0.5) is 5.95 Å². The number of nitrogens with zero attached hydrogens (tertiary/aromatic N) is 4. The Morgan fingerprint density at radius 2 is 2.00 bits per heavy atom. The maximum atomic E-state index is 5.80. The number of benzene rings is 1. The van der Waals surface area contributed by atoms with Gasteiger partial charge in [0.1, 0.15) is 18.2 Å². The quantitative estimate of drug-likeness (QED) is 0.858. The molecule has 0 saturated heterocycles. The lowest BCUT2D eigenvalue weighted by Crippen LogP contribution is -2.33. The van der Waals surface area contributed by atoms with E-state index in [1.807, 2.05) is 37.3 Å². The highest BCUT2D eigenvalue weighted by Gasteiger charge is 2.16. The molecule has 0 spiro atoms. The molecule has 0 radical (unpaired) electrons. The molecule has 1 aromatic heterocycles. The summed E-state index contributed by atoms with van der Waals surface area (Å²) in [4.78, 5) is 16.0. The third-order valence-corrected chi connectivity index (χ3v) is 4.21. The summed E-state index contributed by atoms with van der Waals surface area (Å²) in [6, 6.07) is 8.36. The highest BCUT2D eigenvalue weighted by Crippen LogP contribution is 2.19. The Labute approximate surface area is 166 Å². The lowest BCUT2D eigenvalue weighted by Gasteiger charge is -2.19.